The quantitative estimate of drug-likeness (QED) is 0.781. The normalized spacial score (nSPS) is 18.2. The van der Waals surface area contributed by atoms with Crippen molar-refractivity contribution in [2.75, 3.05) is 11.9 Å². The molecular formula is C11H13F2N. The van der Waals surface area contributed by atoms with E-state index in [0.717, 1.165) is 5.69 Å². The van der Waals surface area contributed by atoms with E-state index in [2.05, 4.69) is 5.32 Å². The number of hydrogen-bond donors (Lipinski definition) is 1. The van der Waals surface area contributed by atoms with Gasteiger partial charge < -0.3 is 5.32 Å². The Morgan fingerprint density at radius 2 is 1.86 bits per heavy atom. The van der Waals surface area contributed by atoms with Crippen LogP contribution in [0.4, 0.5) is 14.5 Å². The lowest BCUT2D eigenvalue weighted by Crippen LogP contribution is -2.22. The zero-order valence-corrected chi connectivity index (χ0v) is 7.84. The highest BCUT2D eigenvalue weighted by Crippen LogP contribution is 2.50. The van der Waals surface area contributed by atoms with Crippen LogP contribution < -0.4 is 5.32 Å². The Morgan fingerprint density at radius 3 is 2.36 bits per heavy atom. The van der Waals surface area contributed by atoms with Crippen molar-refractivity contribution in [3.05, 3.63) is 30.3 Å². The zero-order valence-electron chi connectivity index (χ0n) is 7.84. The van der Waals surface area contributed by atoms with Crippen LogP contribution in [0.1, 0.15) is 12.8 Å². The third-order valence-corrected chi connectivity index (χ3v) is 2.77. The van der Waals surface area contributed by atoms with Gasteiger partial charge in [0.05, 0.1) is 0 Å². The third-order valence-electron chi connectivity index (χ3n) is 2.77. The van der Waals surface area contributed by atoms with E-state index in [1.54, 1.807) is 0 Å². The molecule has 0 radical (unpaired) electrons. The largest absolute Gasteiger partial charge is 0.384 e. The van der Waals surface area contributed by atoms with Gasteiger partial charge in [-0.05, 0) is 25.0 Å². The second-order valence-corrected chi connectivity index (χ2v) is 3.88. The molecule has 1 saturated carbocycles. The first kappa shape index (κ1) is 9.44. The maximum absolute atomic E-state index is 12.5. The summed E-state index contributed by atoms with van der Waals surface area (Å²) in [4.78, 5) is 0. The van der Waals surface area contributed by atoms with Gasteiger partial charge in [0.2, 0.25) is 6.43 Å². The number of halogens is 2. The molecule has 1 nitrogen and oxygen atoms in total. The molecule has 1 aromatic rings. The van der Waals surface area contributed by atoms with Gasteiger partial charge >= 0.3 is 0 Å². The monoisotopic (exact) mass is 197 g/mol. The number of para-hydroxylation sites is 1. The van der Waals surface area contributed by atoms with E-state index >= 15 is 0 Å². The van der Waals surface area contributed by atoms with Gasteiger partial charge in [-0.25, -0.2) is 8.78 Å². The average Bonchev–Trinajstić information content (AvgIpc) is 2.97. The minimum Gasteiger partial charge on any atom is -0.384 e. The predicted octanol–water partition coefficient (Wildman–Crippen LogP) is 3.14. The molecule has 0 aromatic heterocycles. The zero-order chi connectivity index (χ0) is 10.0. The Morgan fingerprint density at radius 1 is 1.21 bits per heavy atom. The molecule has 1 aromatic carbocycles. The van der Waals surface area contributed by atoms with Crippen molar-refractivity contribution in [2.45, 2.75) is 19.3 Å². The number of rotatable bonds is 4. The van der Waals surface area contributed by atoms with Crippen LogP contribution in [0.15, 0.2) is 30.3 Å². The number of alkyl halides is 2. The number of benzene rings is 1. The third kappa shape index (κ3) is 1.86. The summed E-state index contributed by atoms with van der Waals surface area (Å²) in [6.07, 6.45) is -0.909. The highest BCUT2D eigenvalue weighted by molar-refractivity contribution is 5.42. The molecule has 0 amide bonds. The van der Waals surface area contributed by atoms with Crippen molar-refractivity contribution in [3.63, 3.8) is 0 Å². The molecule has 2 rings (SSSR count). The molecule has 0 atom stereocenters. The van der Waals surface area contributed by atoms with Crippen LogP contribution in [0.5, 0.6) is 0 Å². The first-order valence-electron chi connectivity index (χ1n) is 4.80. The molecule has 0 unspecified atom stereocenters. The lowest BCUT2D eigenvalue weighted by atomic mass is 10.1. The molecule has 0 spiro atoms. The van der Waals surface area contributed by atoms with E-state index in [4.69, 9.17) is 0 Å². The maximum atomic E-state index is 12.5. The fraction of sp³-hybridized carbons (Fsp3) is 0.455. The van der Waals surface area contributed by atoms with Crippen molar-refractivity contribution in [2.24, 2.45) is 5.41 Å². The van der Waals surface area contributed by atoms with Crippen molar-refractivity contribution in [1.82, 2.24) is 0 Å². The molecule has 3 heteroatoms. The predicted molar refractivity (Wildman–Crippen MR) is 52.6 cm³/mol. The molecule has 1 N–H and O–H groups in total. The van der Waals surface area contributed by atoms with E-state index in [9.17, 15) is 8.78 Å². The number of anilines is 1. The van der Waals surface area contributed by atoms with Crippen LogP contribution in [0.2, 0.25) is 0 Å². The Kier molecular flexibility index (Phi) is 2.40. The first-order valence-corrected chi connectivity index (χ1v) is 4.80. The molecular weight excluding hydrogens is 184 g/mol. The Hall–Kier alpha value is -1.12. The minimum absolute atomic E-state index is 0.384. The molecule has 14 heavy (non-hydrogen) atoms. The Bertz CT molecular complexity index is 293. The highest BCUT2D eigenvalue weighted by atomic mass is 19.3. The van der Waals surface area contributed by atoms with E-state index in [1.807, 2.05) is 30.3 Å². The maximum Gasteiger partial charge on any atom is 0.245 e. The summed E-state index contributed by atoms with van der Waals surface area (Å²) >= 11 is 0. The van der Waals surface area contributed by atoms with Crippen molar-refractivity contribution >= 4 is 5.69 Å². The lowest BCUT2D eigenvalue weighted by molar-refractivity contribution is 0.0688. The molecule has 0 bridgehead atoms. The molecule has 1 aliphatic rings. The molecule has 1 fully saturated rings. The van der Waals surface area contributed by atoms with Gasteiger partial charge in [0, 0.05) is 17.6 Å². The number of hydrogen-bond acceptors (Lipinski definition) is 1. The fourth-order valence-corrected chi connectivity index (χ4v) is 1.47. The van der Waals surface area contributed by atoms with E-state index in [-0.39, 0.29) is 0 Å². The van der Waals surface area contributed by atoms with Crippen LogP contribution in [-0.4, -0.2) is 13.0 Å². The standard InChI is InChI=1S/C11H13F2N/c12-10(13)11(6-7-11)8-14-9-4-2-1-3-5-9/h1-5,10,14H,6-8H2. The van der Waals surface area contributed by atoms with Gasteiger partial charge in [0.15, 0.2) is 0 Å². The molecule has 0 aliphatic heterocycles. The summed E-state index contributed by atoms with van der Waals surface area (Å²) in [5, 5.41) is 3.05. The van der Waals surface area contributed by atoms with Gasteiger partial charge in [-0.2, -0.15) is 0 Å². The fourth-order valence-electron chi connectivity index (χ4n) is 1.47. The van der Waals surface area contributed by atoms with E-state index in [1.165, 1.54) is 0 Å². The molecule has 1 aliphatic carbocycles. The van der Waals surface area contributed by atoms with Crippen molar-refractivity contribution in [1.29, 1.82) is 0 Å². The van der Waals surface area contributed by atoms with Gasteiger partial charge in [-0.15, -0.1) is 0 Å². The number of nitrogens with one attached hydrogen (secondary N) is 1. The van der Waals surface area contributed by atoms with Crippen LogP contribution in [0.25, 0.3) is 0 Å². The molecule has 0 saturated heterocycles. The Labute approximate surface area is 82.1 Å². The summed E-state index contributed by atoms with van der Waals surface area (Å²) in [6, 6.07) is 9.48. The summed E-state index contributed by atoms with van der Waals surface area (Å²) in [7, 11) is 0. The van der Waals surface area contributed by atoms with Crippen LogP contribution in [0.3, 0.4) is 0 Å². The van der Waals surface area contributed by atoms with Crippen molar-refractivity contribution < 1.29 is 8.78 Å². The molecule has 76 valence electrons. The average molecular weight is 197 g/mol. The van der Waals surface area contributed by atoms with Crippen LogP contribution in [0, 0.1) is 5.41 Å². The summed E-state index contributed by atoms with van der Waals surface area (Å²) in [5.74, 6) is 0. The Balaban J connectivity index is 1.89. The van der Waals surface area contributed by atoms with Gasteiger partial charge in [-0.3, -0.25) is 0 Å². The highest BCUT2D eigenvalue weighted by Gasteiger charge is 2.50. The summed E-state index contributed by atoms with van der Waals surface area (Å²) in [5.41, 5.74) is 0.176. The smallest absolute Gasteiger partial charge is 0.245 e. The SMILES string of the molecule is FC(F)C1(CNc2ccccc2)CC1. The first-order chi connectivity index (χ1) is 6.73. The summed E-state index contributed by atoms with van der Waals surface area (Å²) < 4.78 is 25.1. The second kappa shape index (κ2) is 3.56. The van der Waals surface area contributed by atoms with Gasteiger partial charge in [0.1, 0.15) is 0 Å². The van der Waals surface area contributed by atoms with Gasteiger partial charge in [0.25, 0.3) is 0 Å². The van der Waals surface area contributed by atoms with Crippen molar-refractivity contribution in [3.8, 4) is 0 Å². The van der Waals surface area contributed by atoms with Gasteiger partial charge in [-0.1, -0.05) is 18.2 Å². The molecule has 0 heterocycles. The minimum atomic E-state index is -2.20. The topological polar surface area (TPSA) is 12.0 Å². The summed E-state index contributed by atoms with van der Waals surface area (Å²) in [6.45, 7) is 0.384. The lowest BCUT2D eigenvalue weighted by Gasteiger charge is -2.15. The van der Waals surface area contributed by atoms with E-state index in [0.29, 0.717) is 19.4 Å². The van der Waals surface area contributed by atoms with E-state index < -0.39 is 11.8 Å². The van der Waals surface area contributed by atoms with Crippen LogP contribution >= 0.6 is 0 Å². The second-order valence-electron chi connectivity index (χ2n) is 3.88. The van der Waals surface area contributed by atoms with Crippen LogP contribution in [-0.2, 0) is 0 Å².